The third-order valence-corrected chi connectivity index (χ3v) is 3.62. The van der Waals surface area contributed by atoms with E-state index in [1.54, 1.807) is 16.0 Å². The summed E-state index contributed by atoms with van der Waals surface area (Å²) in [6.07, 6.45) is 2.20. The van der Waals surface area contributed by atoms with Gasteiger partial charge in [0.25, 0.3) is 0 Å². The largest absolute Gasteiger partial charge is 0.383 e. The average molecular weight is 236 g/mol. The monoisotopic (exact) mass is 236 g/mol. The number of aryl methyl sites for hydroxylation is 3. The van der Waals surface area contributed by atoms with Gasteiger partial charge in [0, 0.05) is 23.7 Å². The summed E-state index contributed by atoms with van der Waals surface area (Å²) in [5, 5.41) is 16.7. The van der Waals surface area contributed by atoms with Crippen molar-refractivity contribution < 1.29 is 5.11 Å². The summed E-state index contributed by atoms with van der Waals surface area (Å²) in [5.74, 6) is 0. The van der Waals surface area contributed by atoms with Gasteiger partial charge in [-0.25, -0.2) is 0 Å². The first-order chi connectivity index (χ1) is 7.63. The summed E-state index contributed by atoms with van der Waals surface area (Å²) < 4.78 is 1.76. The molecule has 0 aliphatic heterocycles. The van der Waals surface area contributed by atoms with Crippen molar-refractivity contribution in [2.45, 2.75) is 26.4 Å². The fourth-order valence-electron chi connectivity index (χ4n) is 1.90. The van der Waals surface area contributed by atoms with E-state index in [9.17, 15) is 5.11 Å². The highest BCUT2D eigenvalue weighted by atomic mass is 32.1. The molecule has 0 spiro atoms. The van der Waals surface area contributed by atoms with Crippen molar-refractivity contribution >= 4 is 11.3 Å². The SMILES string of the molecule is CCc1nn(C)cc1C(O)c1ccsc1C. The highest BCUT2D eigenvalue weighted by Crippen LogP contribution is 2.29. The number of aromatic nitrogens is 2. The molecule has 0 aromatic carbocycles. The van der Waals surface area contributed by atoms with Crippen molar-refractivity contribution in [3.63, 3.8) is 0 Å². The molecule has 0 saturated carbocycles. The lowest BCUT2D eigenvalue weighted by Crippen LogP contribution is -2.01. The van der Waals surface area contributed by atoms with E-state index in [1.165, 1.54) is 4.88 Å². The Bertz CT molecular complexity index is 487. The molecule has 0 fully saturated rings. The molecule has 0 radical (unpaired) electrons. The van der Waals surface area contributed by atoms with E-state index in [4.69, 9.17) is 0 Å². The van der Waals surface area contributed by atoms with E-state index < -0.39 is 6.10 Å². The third-order valence-electron chi connectivity index (χ3n) is 2.76. The smallest absolute Gasteiger partial charge is 0.108 e. The zero-order chi connectivity index (χ0) is 11.7. The summed E-state index contributed by atoms with van der Waals surface area (Å²) in [5.41, 5.74) is 2.89. The highest BCUT2D eigenvalue weighted by molar-refractivity contribution is 7.10. The van der Waals surface area contributed by atoms with Crippen molar-refractivity contribution in [2.75, 3.05) is 0 Å². The molecule has 0 saturated heterocycles. The van der Waals surface area contributed by atoms with Crippen molar-refractivity contribution in [1.29, 1.82) is 0 Å². The zero-order valence-electron chi connectivity index (χ0n) is 9.77. The number of rotatable bonds is 3. The maximum absolute atomic E-state index is 10.3. The number of hydrogen-bond donors (Lipinski definition) is 1. The van der Waals surface area contributed by atoms with Gasteiger partial charge >= 0.3 is 0 Å². The van der Waals surface area contributed by atoms with Gasteiger partial charge in [0.2, 0.25) is 0 Å². The summed E-state index contributed by atoms with van der Waals surface area (Å²) in [7, 11) is 1.88. The van der Waals surface area contributed by atoms with Gasteiger partial charge in [0.1, 0.15) is 6.10 Å². The summed E-state index contributed by atoms with van der Waals surface area (Å²) >= 11 is 1.66. The minimum absolute atomic E-state index is 0.546. The lowest BCUT2D eigenvalue weighted by Gasteiger charge is -2.09. The van der Waals surface area contributed by atoms with Crippen molar-refractivity contribution in [2.24, 2.45) is 7.05 Å². The minimum Gasteiger partial charge on any atom is -0.383 e. The Morgan fingerprint density at radius 3 is 2.81 bits per heavy atom. The van der Waals surface area contributed by atoms with E-state index in [0.717, 1.165) is 23.2 Å². The van der Waals surface area contributed by atoms with Crippen LogP contribution >= 0.6 is 11.3 Å². The van der Waals surface area contributed by atoms with Crippen LogP contribution in [-0.2, 0) is 13.5 Å². The Kier molecular flexibility index (Phi) is 3.12. The number of thiophene rings is 1. The molecule has 0 bridgehead atoms. The van der Waals surface area contributed by atoms with E-state index in [1.807, 2.05) is 31.6 Å². The van der Waals surface area contributed by atoms with Crippen molar-refractivity contribution in [3.05, 3.63) is 39.3 Å². The maximum Gasteiger partial charge on any atom is 0.108 e. The normalized spacial score (nSPS) is 13.0. The Balaban J connectivity index is 2.40. The Hall–Kier alpha value is -1.13. The van der Waals surface area contributed by atoms with Gasteiger partial charge in [0.15, 0.2) is 0 Å². The van der Waals surface area contributed by atoms with Gasteiger partial charge in [0.05, 0.1) is 5.69 Å². The van der Waals surface area contributed by atoms with Gasteiger partial charge in [-0.3, -0.25) is 4.68 Å². The first-order valence-corrected chi connectivity index (χ1v) is 6.26. The van der Waals surface area contributed by atoms with Crippen LogP contribution in [0, 0.1) is 6.92 Å². The van der Waals surface area contributed by atoms with Crippen molar-refractivity contribution in [3.8, 4) is 0 Å². The van der Waals surface area contributed by atoms with Gasteiger partial charge in [-0.1, -0.05) is 6.92 Å². The molecule has 0 aliphatic rings. The third kappa shape index (κ3) is 1.90. The molecule has 1 unspecified atom stereocenters. The van der Waals surface area contributed by atoms with E-state index in [-0.39, 0.29) is 0 Å². The van der Waals surface area contributed by atoms with Crippen LogP contribution in [0.2, 0.25) is 0 Å². The van der Waals surface area contributed by atoms with Crippen LogP contribution in [0.15, 0.2) is 17.6 Å². The summed E-state index contributed by atoms with van der Waals surface area (Å²) in [6.45, 7) is 4.09. The topological polar surface area (TPSA) is 38.0 Å². The molecule has 2 rings (SSSR count). The zero-order valence-corrected chi connectivity index (χ0v) is 10.6. The molecule has 16 heavy (non-hydrogen) atoms. The molecule has 2 heterocycles. The minimum atomic E-state index is -0.546. The van der Waals surface area contributed by atoms with Gasteiger partial charge < -0.3 is 5.11 Å². The van der Waals surface area contributed by atoms with Crippen LogP contribution in [0.5, 0.6) is 0 Å². The molecule has 0 amide bonds. The maximum atomic E-state index is 10.3. The average Bonchev–Trinajstić information content (AvgIpc) is 2.83. The number of hydrogen-bond acceptors (Lipinski definition) is 3. The molecule has 2 aromatic heterocycles. The predicted molar refractivity (Wildman–Crippen MR) is 65.7 cm³/mol. The second-order valence-electron chi connectivity index (χ2n) is 3.89. The van der Waals surface area contributed by atoms with E-state index in [2.05, 4.69) is 12.0 Å². The Labute approximate surface area is 99.4 Å². The molecule has 86 valence electrons. The predicted octanol–water partition coefficient (Wildman–Crippen LogP) is 2.43. The molecule has 3 nitrogen and oxygen atoms in total. The van der Waals surface area contributed by atoms with Crippen LogP contribution in [0.25, 0.3) is 0 Å². The number of aliphatic hydroxyl groups is 1. The van der Waals surface area contributed by atoms with Gasteiger partial charge in [-0.05, 0) is 30.4 Å². The van der Waals surface area contributed by atoms with Crippen LogP contribution in [0.4, 0.5) is 0 Å². The molecule has 4 heteroatoms. The van der Waals surface area contributed by atoms with Crippen molar-refractivity contribution in [1.82, 2.24) is 9.78 Å². The van der Waals surface area contributed by atoms with E-state index in [0.29, 0.717) is 0 Å². The van der Waals surface area contributed by atoms with E-state index >= 15 is 0 Å². The lowest BCUT2D eigenvalue weighted by molar-refractivity contribution is 0.219. The molecule has 1 N–H and O–H groups in total. The lowest BCUT2D eigenvalue weighted by atomic mass is 10.0. The Morgan fingerprint density at radius 1 is 1.50 bits per heavy atom. The second-order valence-corrected chi connectivity index (χ2v) is 5.01. The standard InChI is InChI=1S/C12H16N2OS/c1-4-11-10(7-14(3)13-11)12(15)9-5-6-16-8(9)2/h5-7,12,15H,4H2,1-3H3. The molecule has 0 aliphatic carbocycles. The number of nitrogens with zero attached hydrogens (tertiary/aromatic N) is 2. The van der Waals surface area contributed by atoms with Crippen LogP contribution in [-0.4, -0.2) is 14.9 Å². The van der Waals surface area contributed by atoms with Gasteiger partial charge in [-0.15, -0.1) is 11.3 Å². The van der Waals surface area contributed by atoms with Crippen LogP contribution in [0.3, 0.4) is 0 Å². The molecule has 1 atom stereocenters. The number of aliphatic hydroxyl groups excluding tert-OH is 1. The second kappa shape index (κ2) is 4.39. The molecular weight excluding hydrogens is 220 g/mol. The van der Waals surface area contributed by atoms with Crippen LogP contribution in [0.1, 0.15) is 34.7 Å². The Morgan fingerprint density at radius 2 is 2.25 bits per heavy atom. The first kappa shape index (κ1) is 11.4. The summed E-state index contributed by atoms with van der Waals surface area (Å²) in [6, 6.07) is 1.98. The van der Waals surface area contributed by atoms with Gasteiger partial charge in [-0.2, -0.15) is 5.10 Å². The fourth-order valence-corrected chi connectivity index (χ4v) is 2.64. The molecular formula is C12H16N2OS. The summed E-state index contributed by atoms with van der Waals surface area (Å²) in [4.78, 5) is 1.17. The molecule has 2 aromatic rings. The first-order valence-electron chi connectivity index (χ1n) is 5.38. The highest BCUT2D eigenvalue weighted by Gasteiger charge is 2.19. The van der Waals surface area contributed by atoms with Crippen LogP contribution < -0.4 is 0 Å². The fraction of sp³-hybridized carbons (Fsp3) is 0.417. The quantitative estimate of drug-likeness (QED) is 0.889.